The molecule has 0 bridgehead atoms. The third-order valence-electron chi connectivity index (χ3n) is 6.89. The van der Waals surface area contributed by atoms with E-state index in [0.29, 0.717) is 12.1 Å². The lowest BCUT2D eigenvalue weighted by molar-refractivity contribution is -0.139. The van der Waals surface area contributed by atoms with Crippen LogP contribution in [-0.2, 0) is 26.0 Å². The van der Waals surface area contributed by atoms with Crippen molar-refractivity contribution in [1.29, 1.82) is 0 Å². The zero-order chi connectivity index (χ0) is 30.4. The average molecular weight is 578 g/mol. The number of rotatable bonds is 11. The van der Waals surface area contributed by atoms with E-state index in [4.69, 9.17) is 0 Å². The van der Waals surface area contributed by atoms with Crippen molar-refractivity contribution in [2.24, 2.45) is 0 Å². The largest absolute Gasteiger partial charge is 0.350 e. The Kier molecular flexibility index (Phi) is 10.4. The molecule has 2 amide bonds. The van der Waals surface area contributed by atoms with Crippen LogP contribution in [0.4, 0.5) is 5.69 Å². The Labute approximate surface area is 245 Å². The van der Waals surface area contributed by atoms with Gasteiger partial charge >= 0.3 is 0 Å². The number of amides is 2. The van der Waals surface area contributed by atoms with Gasteiger partial charge in [-0.1, -0.05) is 74.0 Å². The van der Waals surface area contributed by atoms with Gasteiger partial charge in [-0.25, -0.2) is 8.42 Å². The SMILES string of the molecule is Cc1ccc(S(=O)(=O)N(CC(=O)N(CCc2ccccc2)C(C)C(=O)NC(C)(C)C)c2ccc(C(C)C)cc2)cc1. The molecule has 0 aromatic heterocycles. The van der Waals surface area contributed by atoms with Gasteiger partial charge in [-0.2, -0.15) is 0 Å². The molecule has 0 fully saturated rings. The Bertz CT molecular complexity index is 1410. The van der Waals surface area contributed by atoms with Crippen LogP contribution in [-0.4, -0.2) is 49.8 Å². The van der Waals surface area contributed by atoms with E-state index >= 15 is 0 Å². The predicted octanol–water partition coefficient (Wildman–Crippen LogP) is 5.69. The maximum absolute atomic E-state index is 14.0. The quantitative estimate of drug-likeness (QED) is 0.317. The third kappa shape index (κ3) is 8.67. The molecule has 8 heteroatoms. The van der Waals surface area contributed by atoms with Gasteiger partial charge in [-0.15, -0.1) is 0 Å². The molecule has 1 unspecified atom stereocenters. The van der Waals surface area contributed by atoms with Gasteiger partial charge in [0.15, 0.2) is 0 Å². The number of anilines is 1. The molecule has 41 heavy (non-hydrogen) atoms. The first-order chi connectivity index (χ1) is 19.2. The van der Waals surface area contributed by atoms with Gasteiger partial charge < -0.3 is 10.2 Å². The van der Waals surface area contributed by atoms with E-state index < -0.39 is 34.1 Å². The lowest BCUT2D eigenvalue weighted by Gasteiger charge is -2.33. The lowest BCUT2D eigenvalue weighted by atomic mass is 10.0. The number of aryl methyl sites for hydroxylation is 1. The number of sulfonamides is 1. The van der Waals surface area contributed by atoms with Crippen molar-refractivity contribution < 1.29 is 18.0 Å². The molecule has 0 aliphatic carbocycles. The second-order valence-electron chi connectivity index (χ2n) is 11.8. The lowest BCUT2D eigenvalue weighted by Crippen LogP contribution is -2.55. The van der Waals surface area contributed by atoms with Crippen molar-refractivity contribution in [3.05, 3.63) is 95.6 Å². The number of hydrogen-bond donors (Lipinski definition) is 1. The van der Waals surface area contributed by atoms with Crippen molar-refractivity contribution in [1.82, 2.24) is 10.2 Å². The standard InChI is InChI=1S/C33H43N3O4S/c1-24(2)28-15-17-29(18-16-28)36(41(39,40)30-19-13-25(3)14-20-30)23-31(37)35(22-21-27-11-9-8-10-12-27)26(4)32(38)34-33(5,6)7/h8-20,24,26H,21-23H2,1-7H3,(H,34,38). The van der Waals surface area contributed by atoms with E-state index in [0.717, 1.165) is 21.0 Å². The zero-order valence-electron chi connectivity index (χ0n) is 25.2. The number of carbonyl (C=O) groups is 2. The molecule has 0 radical (unpaired) electrons. The molecule has 0 saturated carbocycles. The van der Waals surface area contributed by atoms with Crippen molar-refractivity contribution in [2.75, 3.05) is 17.4 Å². The first-order valence-electron chi connectivity index (χ1n) is 14.0. The Morgan fingerprint density at radius 3 is 1.98 bits per heavy atom. The van der Waals surface area contributed by atoms with E-state index in [2.05, 4.69) is 19.2 Å². The van der Waals surface area contributed by atoms with E-state index in [1.807, 2.05) is 70.2 Å². The van der Waals surface area contributed by atoms with Crippen LogP contribution < -0.4 is 9.62 Å². The molecule has 7 nitrogen and oxygen atoms in total. The van der Waals surface area contributed by atoms with Crippen LogP contribution in [0.5, 0.6) is 0 Å². The Balaban J connectivity index is 2.00. The van der Waals surface area contributed by atoms with Crippen LogP contribution in [0.2, 0.25) is 0 Å². The minimum atomic E-state index is -4.09. The highest BCUT2D eigenvalue weighted by atomic mass is 32.2. The molecule has 3 aromatic carbocycles. The van der Waals surface area contributed by atoms with Gasteiger partial charge in [-0.3, -0.25) is 13.9 Å². The van der Waals surface area contributed by atoms with Gasteiger partial charge in [0.1, 0.15) is 12.6 Å². The maximum Gasteiger partial charge on any atom is 0.264 e. The first-order valence-corrected chi connectivity index (χ1v) is 15.5. The van der Waals surface area contributed by atoms with Crippen LogP contribution in [0.1, 0.15) is 64.2 Å². The second-order valence-corrected chi connectivity index (χ2v) is 13.7. The molecule has 0 spiro atoms. The Morgan fingerprint density at radius 1 is 0.854 bits per heavy atom. The molecule has 0 aliphatic heterocycles. The topological polar surface area (TPSA) is 86.8 Å². The summed E-state index contributed by atoms with van der Waals surface area (Å²) in [4.78, 5) is 28.8. The van der Waals surface area contributed by atoms with Crippen molar-refractivity contribution in [3.8, 4) is 0 Å². The van der Waals surface area contributed by atoms with Crippen molar-refractivity contribution >= 4 is 27.5 Å². The molecule has 0 aliphatic rings. The highest BCUT2D eigenvalue weighted by molar-refractivity contribution is 7.92. The number of benzene rings is 3. The van der Waals surface area contributed by atoms with Crippen LogP contribution in [0.15, 0.2) is 83.8 Å². The molecule has 1 atom stereocenters. The summed E-state index contributed by atoms with van der Waals surface area (Å²) in [5, 5.41) is 2.95. The van der Waals surface area contributed by atoms with Gasteiger partial charge in [0.25, 0.3) is 10.0 Å². The molecule has 0 saturated heterocycles. The highest BCUT2D eigenvalue weighted by Gasteiger charge is 2.33. The van der Waals surface area contributed by atoms with Crippen molar-refractivity contribution in [3.63, 3.8) is 0 Å². The molecule has 3 aromatic rings. The van der Waals surface area contributed by atoms with E-state index in [1.165, 1.54) is 4.90 Å². The summed E-state index contributed by atoms with van der Waals surface area (Å²) >= 11 is 0. The third-order valence-corrected chi connectivity index (χ3v) is 8.67. The van der Waals surface area contributed by atoms with Crippen LogP contribution in [0.25, 0.3) is 0 Å². The number of nitrogens with zero attached hydrogens (tertiary/aromatic N) is 2. The van der Waals surface area contributed by atoms with Gasteiger partial charge in [0, 0.05) is 12.1 Å². The number of carbonyl (C=O) groups excluding carboxylic acids is 2. The zero-order valence-corrected chi connectivity index (χ0v) is 26.0. The van der Waals surface area contributed by atoms with Crippen LogP contribution in [0, 0.1) is 6.92 Å². The minimum absolute atomic E-state index is 0.0956. The summed E-state index contributed by atoms with van der Waals surface area (Å²) in [6, 6.07) is 22.7. The molecule has 0 heterocycles. The molecule has 1 N–H and O–H groups in total. The fraction of sp³-hybridized carbons (Fsp3) is 0.394. The van der Waals surface area contributed by atoms with Crippen LogP contribution in [0.3, 0.4) is 0 Å². The predicted molar refractivity (Wildman–Crippen MR) is 165 cm³/mol. The monoisotopic (exact) mass is 577 g/mol. The second kappa shape index (κ2) is 13.3. The van der Waals surface area contributed by atoms with Crippen LogP contribution >= 0.6 is 0 Å². The summed E-state index contributed by atoms with van der Waals surface area (Å²) in [7, 11) is -4.09. The van der Waals surface area contributed by atoms with E-state index in [1.54, 1.807) is 43.3 Å². The summed E-state index contributed by atoms with van der Waals surface area (Å²) < 4.78 is 29.1. The van der Waals surface area contributed by atoms with Gasteiger partial charge in [0.2, 0.25) is 11.8 Å². The summed E-state index contributed by atoms with van der Waals surface area (Å²) in [6.07, 6.45) is 0.521. The van der Waals surface area contributed by atoms with Gasteiger partial charge in [0.05, 0.1) is 10.6 Å². The van der Waals surface area contributed by atoms with Gasteiger partial charge in [-0.05, 0) is 82.3 Å². The summed E-state index contributed by atoms with van der Waals surface area (Å²) in [5.41, 5.74) is 2.90. The Hall–Kier alpha value is -3.65. The Morgan fingerprint density at radius 2 is 1.44 bits per heavy atom. The number of nitrogens with one attached hydrogen (secondary N) is 1. The normalized spacial score (nSPS) is 12.6. The summed E-state index contributed by atoms with van der Waals surface area (Å²) in [5.74, 6) is -0.488. The minimum Gasteiger partial charge on any atom is -0.350 e. The molecular formula is C33H43N3O4S. The van der Waals surface area contributed by atoms with E-state index in [9.17, 15) is 18.0 Å². The number of hydrogen-bond acceptors (Lipinski definition) is 4. The fourth-order valence-electron chi connectivity index (χ4n) is 4.44. The fourth-order valence-corrected chi connectivity index (χ4v) is 5.85. The molecule has 3 rings (SSSR count). The van der Waals surface area contributed by atoms with E-state index in [-0.39, 0.29) is 23.3 Å². The molecule has 220 valence electrons. The highest BCUT2D eigenvalue weighted by Crippen LogP contribution is 2.27. The smallest absolute Gasteiger partial charge is 0.264 e. The first kappa shape index (κ1) is 31.9. The van der Waals surface area contributed by atoms with Crippen molar-refractivity contribution in [2.45, 2.75) is 77.3 Å². The maximum atomic E-state index is 14.0. The molecular weight excluding hydrogens is 534 g/mol. The summed E-state index contributed by atoms with van der Waals surface area (Å²) in [6.45, 7) is 13.1. The average Bonchev–Trinajstić information content (AvgIpc) is 2.91.